The third-order valence-electron chi connectivity index (χ3n) is 6.35. The number of amides is 1. The van der Waals surface area contributed by atoms with Crippen LogP contribution in [0.4, 0.5) is 5.82 Å². The van der Waals surface area contributed by atoms with Crippen molar-refractivity contribution in [1.29, 1.82) is 0 Å². The van der Waals surface area contributed by atoms with E-state index >= 15 is 0 Å². The summed E-state index contributed by atoms with van der Waals surface area (Å²) in [4.78, 5) is 26.7. The van der Waals surface area contributed by atoms with Crippen LogP contribution in [0.15, 0.2) is 24.8 Å². The molecule has 0 radical (unpaired) electrons. The van der Waals surface area contributed by atoms with E-state index in [1.807, 2.05) is 23.8 Å². The molecule has 8 heteroatoms. The largest absolute Gasteiger partial charge is 0.382 e. The number of carbonyl (C=O) groups excluding carboxylic acids is 1. The molecule has 0 aromatic carbocycles. The number of anilines is 1. The maximum Gasteiger partial charge on any atom is 0.242 e. The highest BCUT2D eigenvalue weighted by atomic mass is 16.5. The second-order valence-electron chi connectivity index (χ2n) is 9.73. The SMILES string of the molecule is CCOCCCNC(=O)[C@H](CC(C)C)Nc1cc(CCC2CCCCC2)nc(-n2ccnc2)n1. The Balaban J connectivity index is 1.71. The van der Waals surface area contributed by atoms with Crippen molar-refractivity contribution in [2.24, 2.45) is 11.8 Å². The molecular weight excluding hydrogens is 428 g/mol. The van der Waals surface area contributed by atoms with Gasteiger partial charge >= 0.3 is 0 Å². The lowest BCUT2D eigenvalue weighted by molar-refractivity contribution is -0.122. The van der Waals surface area contributed by atoms with Gasteiger partial charge in [0.25, 0.3) is 0 Å². The lowest BCUT2D eigenvalue weighted by Crippen LogP contribution is -2.41. The molecular formula is C26H42N6O2. The summed E-state index contributed by atoms with van der Waals surface area (Å²) in [5, 5.41) is 6.47. The smallest absolute Gasteiger partial charge is 0.242 e. The van der Waals surface area contributed by atoms with Crippen LogP contribution < -0.4 is 10.6 Å². The van der Waals surface area contributed by atoms with E-state index in [4.69, 9.17) is 14.7 Å². The fourth-order valence-corrected chi connectivity index (χ4v) is 4.54. The molecule has 188 valence electrons. The molecule has 0 unspecified atom stereocenters. The number of nitrogens with zero attached hydrogens (tertiary/aromatic N) is 4. The summed E-state index contributed by atoms with van der Waals surface area (Å²) in [6, 6.07) is 1.66. The summed E-state index contributed by atoms with van der Waals surface area (Å²) in [5.41, 5.74) is 1.01. The normalized spacial score (nSPS) is 15.4. The Bertz CT molecular complexity index is 849. The molecule has 0 aliphatic heterocycles. The number of hydrogen-bond donors (Lipinski definition) is 2. The molecule has 0 saturated heterocycles. The fourth-order valence-electron chi connectivity index (χ4n) is 4.54. The zero-order valence-electron chi connectivity index (χ0n) is 21.1. The lowest BCUT2D eigenvalue weighted by atomic mass is 9.86. The Morgan fingerprint density at radius 1 is 1.24 bits per heavy atom. The van der Waals surface area contributed by atoms with Gasteiger partial charge in [-0.1, -0.05) is 46.0 Å². The third kappa shape index (κ3) is 8.70. The van der Waals surface area contributed by atoms with Crippen molar-refractivity contribution in [3.63, 3.8) is 0 Å². The highest BCUT2D eigenvalue weighted by molar-refractivity contribution is 5.84. The monoisotopic (exact) mass is 470 g/mol. The summed E-state index contributed by atoms with van der Waals surface area (Å²) < 4.78 is 7.19. The predicted molar refractivity (Wildman–Crippen MR) is 135 cm³/mol. The second kappa shape index (κ2) is 14.0. The van der Waals surface area contributed by atoms with Gasteiger partial charge in [0.2, 0.25) is 11.9 Å². The van der Waals surface area contributed by atoms with Crippen LogP contribution in [0.3, 0.4) is 0 Å². The van der Waals surface area contributed by atoms with Gasteiger partial charge in [-0.15, -0.1) is 0 Å². The first-order valence-electron chi connectivity index (χ1n) is 13.0. The van der Waals surface area contributed by atoms with Gasteiger partial charge in [0, 0.05) is 43.9 Å². The third-order valence-corrected chi connectivity index (χ3v) is 6.35. The van der Waals surface area contributed by atoms with Gasteiger partial charge in [0.1, 0.15) is 18.2 Å². The maximum atomic E-state index is 13.0. The Labute approximate surface area is 204 Å². The van der Waals surface area contributed by atoms with Crippen LogP contribution in [0.2, 0.25) is 0 Å². The molecule has 1 aliphatic carbocycles. The predicted octanol–water partition coefficient (Wildman–Crippen LogP) is 4.54. The standard InChI is InChI=1S/C26H42N6O2/c1-4-34-16-8-13-28-25(33)23(17-20(2)3)30-24-18-22(12-11-21-9-6-5-7-10-21)29-26(31-24)32-15-14-27-19-32/h14-15,18-21,23H,4-13,16-17H2,1-3H3,(H,28,33)(H,29,30,31)/t23-/m0/s1. The van der Waals surface area contributed by atoms with Crippen molar-refractivity contribution in [1.82, 2.24) is 24.8 Å². The second-order valence-corrected chi connectivity index (χ2v) is 9.73. The van der Waals surface area contributed by atoms with Gasteiger partial charge in [-0.2, -0.15) is 4.98 Å². The zero-order valence-corrected chi connectivity index (χ0v) is 21.1. The average Bonchev–Trinajstić information content (AvgIpc) is 3.38. The van der Waals surface area contributed by atoms with E-state index < -0.39 is 0 Å². The lowest BCUT2D eigenvalue weighted by Gasteiger charge is -2.22. The maximum absolute atomic E-state index is 13.0. The van der Waals surface area contributed by atoms with Gasteiger partial charge in [0.15, 0.2) is 0 Å². The van der Waals surface area contributed by atoms with Crippen molar-refractivity contribution in [3.8, 4) is 5.95 Å². The summed E-state index contributed by atoms with van der Waals surface area (Å²) in [6.07, 6.45) is 15.6. The molecule has 0 spiro atoms. The van der Waals surface area contributed by atoms with Gasteiger partial charge in [0.05, 0.1) is 0 Å². The number of rotatable bonds is 14. The van der Waals surface area contributed by atoms with E-state index in [1.165, 1.54) is 32.1 Å². The Morgan fingerprint density at radius 3 is 2.76 bits per heavy atom. The quantitative estimate of drug-likeness (QED) is 0.394. The van der Waals surface area contributed by atoms with Crippen molar-refractivity contribution in [2.75, 3.05) is 25.1 Å². The summed E-state index contributed by atoms with van der Waals surface area (Å²) in [5.74, 6) is 2.42. The summed E-state index contributed by atoms with van der Waals surface area (Å²) in [7, 11) is 0. The van der Waals surface area contributed by atoms with E-state index in [9.17, 15) is 4.79 Å². The molecule has 3 rings (SSSR count). The van der Waals surface area contributed by atoms with Crippen LogP contribution in [0.25, 0.3) is 5.95 Å². The van der Waals surface area contributed by atoms with E-state index in [0.717, 1.165) is 37.3 Å². The highest BCUT2D eigenvalue weighted by Gasteiger charge is 2.21. The number of aryl methyl sites for hydroxylation is 1. The molecule has 2 heterocycles. The Kier molecular flexibility index (Phi) is 10.8. The minimum absolute atomic E-state index is 0.00301. The Morgan fingerprint density at radius 2 is 2.06 bits per heavy atom. The molecule has 2 N–H and O–H groups in total. The number of carbonyl (C=O) groups is 1. The zero-order chi connectivity index (χ0) is 24.2. The first-order chi connectivity index (χ1) is 16.5. The number of imidazole rings is 1. The summed E-state index contributed by atoms with van der Waals surface area (Å²) >= 11 is 0. The van der Waals surface area contributed by atoms with E-state index in [1.54, 1.807) is 12.5 Å². The van der Waals surface area contributed by atoms with Gasteiger partial charge in [-0.05, 0) is 44.4 Å². The number of hydrogen-bond acceptors (Lipinski definition) is 6. The average molecular weight is 471 g/mol. The van der Waals surface area contributed by atoms with E-state index in [2.05, 4.69) is 29.5 Å². The molecule has 1 amide bonds. The fraction of sp³-hybridized carbons (Fsp3) is 0.692. The molecule has 1 saturated carbocycles. The first kappa shape index (κ1) is 26.1. The molecule has 0 bridgehead atoms. The number of ether oxygens (including phenoxy) is 1. The van der Waals surface area contributed by atoms with Crippen molar-refractivity contribution in [3.05, 3.63) is 30.5 Å². The summed E-state index contributed by atoms with van der Waals surface area (Å²) in [6.45, 7) is 8.19. The Hall–Kier alpha value is -2.48. The van der Waals surface area contributed by atoms with Crippen molar-refractivity contribution < 1.29 is 9.53 Å². The molecule has 1 atom stereocenters. The molecule has 2 aromatic rings. The van der Waals surface area contributed by atoms with Crippen LogP contribution in [0, 0.1) is 11.8 Å². The van der Waals surface area contributed by atoms with Crippen molar-refractivity contribution in [2.45, 2.75) is 84.6 Å². The topological polar surface area (TPSA) is 94.0 Å². The van der Waals surface area contributed by atoms with Crippen LogP contribution in [0.1, 0.15) is 77.8 Å². The van der Waals surface area contributed by atoms with Crippen molar-refractivity contribution >= 4 is 11.7 Å². The van der Waals surface area contributed by atoms with E-state index in [0.29, 0.717) is 37.4 Å². The van der Waals surface area contributed by atoms with Crippen LogP contribution in [-0.4, -0.2) is 51.2 Å². The van der Waals surface area contributed by atoms with Crippen LogP contribution >= 0.6 is 0 Å². The highest BCUT2D eigenvalue weighted by Crippen LogP contribution is 2.27. The molecule has 8 nitrogen and oxygen atoms in total. The number of nitrogens with one attached hydrogen (secondary N) is 2. The van der Waals surface area contributed by atoms with Gasteiger partial charge < -0.3 is 15.4 Å². The van der Waals surface area contributed by atoms with Gasteiger partial charge in [-0.25, -0.2) is 9.97 Å². The minimum Gasteiger partial charge on any atom is -0.382 e. The van der Waals surface area contributed by atoms with Gasteiger partial charge in [-0.3, -0.25) is 9.36 Å². The van der Waals surface area contributed by atoms with Crippen LogP contribution in [0.5, 0.6) is 0 Å². The number of aromatic nitrogens is 4. The molecule has 1 fully saturated rings. The first-order valence-corrected chi connectivity index (χ1v) is 13.0. The molecule has 2 aromatic heterocycles. The molecule has 34 heavy (non-hydrogen) atoms. The molecule has 1 aliphatic rings. The minimum atomic E-state index is -0.358. The van der Waals surface area contributed by atoms with E-state index in [-0.39, 0.29) is 11.9 Å². The van der Waals surface area contributed by atoms with Crippen LogP contribution in [-0.2, 0) is 16.0 Å².